The van der Waals surface area contributed by atoms with Gasteiger partial charge in [0.25, 0.3) is 0 Å². The summed E-state index contributed by atoms with van der Waals surface area (Å²) in [6.45, 7) is 2.21. The number of piperidine rings is 1. The van der Waals surface area contributed by atoms with Gasteiger partial charge in [-0.2, -0.15) is 0 Å². The predicted molar refractivity (Wildman–Crippen MR) is 62.3 cm³/mol. The van der Waals surface area contributed by atoms with Crippen LogP contribution >= 0.6 is 0 Å². The Kier molecular flexibility index (Phi) is 2.88. The Morgan fingerprint density at radius 3 is 2.71 bits per heavy atom. The summed E-state index contributed by atoms with van der Waals surface area (Å²) in [5.74, 6) is -0.287. The molecule has 3 fully saturated rings. The van der Waals surface area contributed by atoms with Gasteiger partial charge in [0.05, 0.1) is 6.04 Å². The molecule has 17 heavy (non-hydrogen) atoms. The molecule has 5 heteroatoms. The lowest BCUT2D eigenvalue weighted by Gasteiger charge is -2.25. The molecule has 3 aliphatic rings. The van der Waals surface area contributed by atoms with Crippen LogP contribution in [0.25, 0.3) is 0 Å². The molecule has 0 aromatic rings. The third kappa shape index (κ3) is 2.50. The molecular formula is C12H19N3O2. The lowest BCUT2D eigenvalue weighted by molar-refractivity contribution is -0.134. The van der Waals surface area contributed by atoms with Gasteiger partial charge in [-0.25, -0.2) is 0 Å². The highest BCUT2D eigenvalue weighted by Crippen LogP contribution is 2.29. The number of carbonyl (C=O) groups is 2. The molecule has 94 valence electrons. The van der Waals surface area contributed by atoms with E-state index in [0.717, 1.165) is 25.6 Å². The Labute approximate surface area is 101 Å². The zero-order valence-electron chi connectivity index (χ0n) is 9.95. The summed E-state index contributed by atoms with van der Waals surface area (Å²) in [5.41, 5.74) is 0. The minimum atomic E-state index is -0.170. The highest BCUT2D eigenvalue weighted by atomic mass is 16.2. The van der Waals surface area contributed by atoms with Gasteiger partial charge in [-0.3, -0.25) is 19.8 Å². The van der Waals surface area contributed by atoms with Crippen LogP contribution < -0.4 is 10.6 Å². The number of hydrogen-bond acceptors (Lipinski definition) is 4. The average molecular weight is 237 g/mol. The van der Waals surface area contributed by atoms with Gasteiger partial charge in [0.15, 0.2) is 0 Å². The molecule has 2 amide bonds. The third-order valence-electron chi connectivity index (χ3n) is 3.96. The first-order valence-corrected chi connectivity index (χ1v) is 6.56. The summed E-state index contributed by atoms with van der Waals surface area (Å²) >= 11 is 0. The second-order valence-electron chi connectivity index (χ2n) is 5.38. The van der Waals surface area contributed by atoms with Crippen LogP contribution in [0.1, 0.15) is 32.1 Å². The molecule has 3 rings (SSSR count). The van der Waals surface area contributed by atoms with Crippen LogP contribution in [0.4, 0.5) is 0 Å². The van der Waals surface area contributed by atoms with E-state index in [0.29, 0.717) is 18.9 Å². The highest BCUT2D eigenvalue weighted by molar-refractivity contribution is 6.00. The smallest absolute Gasteiger partial charge is 0.243 e. The van der Waals surface area contributed by atoms with E-state index in [2.05, 4.69) is 15.5 Å². The molecule has 2 unspecified atom stereocenters. The van der Waals surface area contributed by atoms with Gasteiger partial charge in [-0.1, -0.05) is 0 Å². The molecule has 0 aromatic heterocycles. The normalized spacial score (nSPS) is 35.1. The third-order valence-corrected chi connectivity index (χ3v) is 3.96. The van der Waals surface area contributed by atoms with Crippen LogP contribution in [0, 0.1) is 0 Å². The number of rotatable bonds is 3. The van der Waals surface area contributed by atoms with Crippen LogP contribution in [-0.2, 0) is 9.59 Å². The maximum Gasteiger partial charge on any atom is 0.243 e. The Morgan fingerprint density at radius 1 is 1.18 bits per heavy atom. The van der Waals surface area contributed by atoms with Crippen molar-refractivity contribution in [2.75, 3.05) is 13.1 Å². The topological polar surface area (TPSA) is 61.4 Å². The minimum Gasteiger partial charge on any atom is -0.302 e. The van der Waals surface area contributed by atoms with Gasteiger partial charge in [-0.05, 0) is 25.7 Å². The van der Waals surface area contributed by atoms with Crippen molar-refractivity contribution in [2.45, 2.75) is 50.2 Å². The maximum atomic E-state index is 11.6. The molecule has 1 aliphatic carbocycles. The Hall–Kier alpha value is -0.940. The van der Waals surface area contributed by atoms with Gasteiger partial charge in [0.1, 0.15) is 0 Å². The van der Waals surface area contributed by atoms with E-state index in [1.807, 2.05) is 0 Å². The molecule has 2 atom stereocenters. The van der Waals surface area contributed by atoms with E-state index >= 15 is 0 Å². The number of nitrogens with zero attached hydrogens (tertiary/aromatic N) is 1. The lowest BCUT2D eigenvalue weighted by atomic mass is 10.0. The average Bonchev–Trinajstić information content (AvgIpc) is 3.04. The zero-order chi connectivity index (χ0) is 11.8. The van der Waals surface area contributed by atoms with Gasteiger partial charge < -0.3 is 5.32 Å². The number of imide groups is 1. The maximum absolute atomic E-state index is 11.6. The molecular weight excluding hydrogens is 218 g/mol. The first kappa shape index (κ1) is 11.2. The molecule has 2 saturated heterocycles. The van der Waals surface area contributed by atoms with Gasteiger partial charge in [-0.15, -0.1) is 0 Å². The van der Waals surface area contributed by atoms with Crippen molar-refractivity contribution >= 4 is 11.8 Å². The van der Waals surface area contributed by atoms with E-state index in [-0.39, 0.29) is 17.9 Å². The minimum absolute atomic E-state index is 0.140. The second kappa shape index (κ2) is 4.38. The zero-order valence-corrected chi connectivity index (χ0v) is 9.95. The number of nitrogens with one attached hydrogen (secondary N) is 2. The standard InChI is InChI=1S/C12H19N3O2/c16-11-4-3-10(12(17)14-11)13-8-5-6-15(7-8)9-1-2-9/h8-10,13H,1-7H2,(H,14,16,17). The van der Waals surface area contributed by atoms with Crippen molar-refractivity contribution in [1.29, 1.82) is 0 Å². The fourth-order valence-corrected chi connectivity index (χ4v) is 2.83. The van der Waals surface area contributed by atoms with Crippen molar-refractivity contribution < 1.29 is 9.59 Å². The number of carbonyl (C=O) groups excluding carboxylic acids is 2. The van der Waals surface area contributed by atoms with Crippen LogP contribution in [0.2, 0.25) is 0 Å². The number of hydrogen-bond donors (Lipinski definition) is 2. The molecule has 2 N–H and O–H groups in total. The van der Waals surface area contributed by atoms with Crippen LogP contribution in [0.3, 0.4) is 0 Å². The molecule has 0 spiro atoms. The van der Waals surface area contributed by atoms with Crippen molar-refractivity contribution in [3.8, 4) is 0 Å². The van der Waals surface area contributed by atoms with Gasteiger partial charge in [0, 0.05) is 31.6 Å². The van der Waals surface area contributed by atoms with E-state index in [4.69, 9.17) is 0 Å². The summed E-state index contributed by atoms with van der Waals surface area (Å²) in [6, 6.07) is 1.06. The summed E-state index contributed by atoms with van der Waals surface area (Å²) in [4.78, 5) is 25.2. The van der Waals surface area contributed by atoms with Gasteiger partial charge in [0.2, 0.25) is 11.8 Å². The Bertz CT molecular complexity index is 341. The molecule has 1 saturated carbocycles. The molecule has 0 radical (unpaired) electrons. The first-order chi connectivity index (χ1) is 8.22. The molecule has 2 heterocycles. The number of likely N-dealkylation sites (tertiary alicyclic amines) is 1. The quantitative estimate of drug-likeness (QED) is 0.657. The van der Waals surface area contributed by atoms with Crippen LogP contribution in [0.15, 0.2) is 0 Å². The molecule has 2 aliphatic heterocycles. The highest BCUT2D eigenvalue weighted by Gasteiger charge is 2.36. The van der Waals surface area contributed by atoms with Gasteiger partial charge >= 0.3 is 0 Å². The molecule has 0 aromatic carbocycles. The summed E-state index contributed by atoms with van der Waals surface area (Å²) in [7, 11) is 0. The van der Waals surface area contributed by atoms with Crippen molar-refractivity contribution in [3.63, 3.8) is 0 Å². The summed E-state index contributed by atoms with van der Waals surface area (Å²) in [5, 5.41) is 5.79. The summed E-state index contributed by atoms with van der Waals surface area (Å²) < 4.78 is 0. The first-order valence-electron chi connectivity index (χ1n) is 6.56. The second-order valence-corrected chi connectivity index (χ2v) is 5.38. The van der Waals surface area contributed by atoms with E-state index in [1.54, 1.807) is 0 Å². The van der Waals surface area contributed by atoms with Crippen molar-refractivity contribution in [3.05, 3.63) is 0 Å². The Balaban J connectivity index is 1.50. The van der Waals surface area contributed by atoms with E-state index in [1.165, 1.54) is 12.8 Å². The monoisotopic (exact) mass is 237 g/mol. The fraction of sp³-hybridized carbons (Fsp3) is 0.833. The van der Waals surface area contributed by atoms with E-state index in [9.17, 15) is 9.59 Å². The van der Waals surface area contributed by atoms with Crippen molar-refractivity contribution in [2.24, 2.45) is 0 Å². The molecule has 5 nitrogen and oxygen atoms in total. The number of amides is 2. The predicted octanol–water partition coefficient (Wildman–Crippen LogP) is -0.382. The lowest BCUT2D eigenvalue weighted by Crippen LogP contribution is -2.53. The summed E-state index contributed by atoms with van der Waals surface area (Å²) in [6.07, 6.45) is 4.90. The van der Waals surface area contributed by atoms with Crippen LogP contribution in [-0.4, -0.2) is 47.9 Å². The Morgan fingerprint density at radius 2 is 2.00 bits per heavy atom. The van der Waals surface area contributed by atoms with Crippen molar-refractivity contribution in [1.82, 2.24) is 15.5 Å². The fourth-order valence-electron chi connectivity index (χ4n) is 2.83. The SMILES string of the molecule is O=C1CCC(NC2CCN(C3CC3)C2)C(=O)N1. The largest absolute Gasteiger partial charge is 0.302 e. The van der Waals surface area contributed by atoms with E-state index < -0.39 is 0 Å². The van der Waals surface area contributed by atoms with Crippen LogP contribution in [0.5, 0.6) is 0 Å². The molecule has 0 bridgehead atoms.